The molecule has 2 aromatic carbocycles. The van der Waals surface area contributed by atoms with E-state index in [-0.39, 0.29) is 11.4 Å². The zero-order chi connectivity index (χ0) is 16.4. The Bertz CT molecular complexity index is 727. The fourth-order valence-corrected chi connectivity index (χ4v) is 3.44. The number of hydrogen-bond acceptors (Lipinski definition) is 1. The Labute approximate surface area is 142 Å². The predicted molar refractivity (Wildman–Crippen MR) is 95.4 cm³/mol. The number of nitrogens with zero attached hydrogens (tertiary/aromatic N) is 1. The van der Waals surface area contributed by atoms with E-state index >= 15 is 0 Å². The van der Waals surface area contributed by atoms with Crippen molar-refractivity contribution in [1.82, 2.24) is 5.32 Å². The molecule has 23 heavy (non-hydrogen) atoms. The quantitative estimate of drug-likeness (QED) is 0.890. The van der Waals surface area contributed by atoms with Gasteiger partial charge in [-0.15, -0.1) is 0 Å². The minimum atomic E-state index is -0.229. The Balaban J connectivity index is 1.69. The standard InChI is InChI=1S/C19H21ClN2O/c1-19(2,15-8-4-5-9-16(15)20)13-21-18(23)22-12-11-14-7-3-6-10-17(14)22/h3-10H,11-13H2,1-2H3,(H,21,23). The molecule has 1 heterocycles. The van der Waals surface area contributed by atoms with E-state index in [0.29, 0.717) is 6.54 Å². The number of benzene rings is 2. The lowest BCUT2D eigenvalue weighted by Gasteiger charge is -2.28. The van der Waals surface area contributed by atoms with Crippen molar-refractivity contribution in [3.63, 3.8) is 0 Å². The lowest BCUT2D eigenvalue weighted by Crippen LogP contribution is -2.44. The number of nitrogens with one attached hydrogen (secondary N) is 1. The molecule has 0 aliphatic carbocycles. The van der Waals surface area contributed by atoms with E-state index < -0.39 is 0 Å². The Hall–Kier alpha value is -2.00. The number of amides is 2. The number of anilines is 1. The maximum Gasteiger partial charge on any atom is 0.321 e. The van der Waals surface area contributed by atoms with E-state index in [2.05, 4.69) is 25.2 Å². The van der Waals surface area contributed by atoms with Crippen molar-refractivity contribution in [2.24, 2.45) is 0 Å². The summed E-state index contributed by atoms with van der Waals surface area (Å²) in [6.07, 6.45) is 0.914. The van der Waals surface area contributed by atoms with Crippen LogP contribution < -0.4 is 10.2 Å². The van der Waals surface area contributed by atoms with Gasteiger partial charge in [-0.1, -0.05) is 61.8 Å². The third kappa shape index (κ3) is 3.20. The highest BCUT2D eigenvalue weighted by Crippen LogP contribution is 2.30. The van der Waals surface area contributed by atoms with Crippen LogP contribution in [0.1, 0.15) is 25.0 Å². The van der Waals surface area contributed by atoms with E-state index in [1.165, 1.54) is 5.56 Å². The van der Waals surface area contributed by atoms with Crippen LogP contribution in [0.2, 0.25) is 5.02 Å². The molecule has 0 bridgehead atoms. The summed E-state index contributed by atoms with van der Waals surface area (Å²) in [5.41, 5.74) is 3.06. The zero-order valence-corrected chi connectivity index (χ0v) is 14.2. The fraction of sp³-hybridized carbons (Fsp3) is 0.316. The maximum atomic E-state index is 12.6. The van der Waals surface area contributed by atoms with Crippen molar-refractivity contribution >= 4 is 23.3 Å². The number of carbonyl (C=O) groups is 1. The molecule has 0 radical (unpaired) electrons. The molecular weight excluding hydrogens is 308 g/mol. The summed E-state index contributed by atoms with van der Waals surface area (Å²) in [6.45, 7) is 5.45. The number of carbonyl (C=O) groups excluding carboxylic acids is 1. The van der Waals surface area contributed by atoms with Crippen molar-refractivity contribution in [2.45, 2.75) is 25.7 Å². The molecule has 0 unspecified atom stereocenters. The summed E-state index contributed by atoms with van der Waals surface area (Å²) < 4.78 is 0. The molecule has 1 N–H and O–H groups in total. The number of para-hydroxylation sites is 1. The van der Waals surface area contributed by atoms with Crippen LogP contribution in [0, 0.1) is 0 Å². The molecule has 4 heteroatoms. The first-order valence-electron chi connectivity index (χ1n) is 7.87. The van der Waals surface area contributed by atoms with Gasteiger partial charge in [0.05, 0.1) is 0 Å². The van der Waals surface area contributed by atoms with Crippen LogP contribution in [-0.2, 0) is 11.8 Å². The zero-order valence-electron chi connectivity index (χ0n) is 13.5. The van der Waals surface area contributed by atoms with E-state index in [9.17, 15) is 4.79 Å². The molecule has 0 fully saturated rings. The van der Waals surface area contributed by atoms with E-state index in [0.717, 1.165) is 29.2 Å². The molecule has 0 spiro atoms. The predicted octanol–water partition coefficient (Wildman–Crippen LogP) is 4.39. The molecule has 0 atom stereocenters. The monoisotopic (exact) mass is 328 g/mol. The summed E-state index contributed by atoms with van der Waals surface area (Å²) in [7, 11) is 0. The van der Waals surface area contributed by atoms with Gasteiger partial charge in [-0.25, -0.2) is 4.79 Å². The van der Waals surface area contributed by atoms with Gasteiger partial charge < -0.3 is 5.32 Å². The number of rotatable bonds is 3. The molecule has 1 aliphatic heterocycles. The number of fused-ring (bicyclic) bond motifs is 1. The Morgan fingerprint density at radius 3 is 2.65 bits per heavy atom. The van der Waals surface area contributed by atoms with Gasteiger partial charge in [0, 0.05) is 29.2 Å². The molecular formula is C19H21ClN2O. The second-order valence-electron chi connectivity index (χ2n) is 6.55. The molecule has 2 amide bonds. The third-order valence-corrected chi connectivity index (χ3v) is 4.75. The summed E-state index contributed by atoms with van der Waals surface area (Å²) in [4.78, 5) is 14.4. The minimum absolute atomic E-state index is 0.0462. The molecule has 1 aliphatic rings. The second kappa shape index (κ2) is 6.25. The maximum absolute atomic E-state index is 12.6. The Morgan fingerprint density at radius 1 is 1.17 bits per heavy atom. The molecule has 3 rings (SSSR count). The van der Waals surface area contributed by atoms with Crippen LogP contribution in [0.25, 0.3) is 0 Å². The second-order valence-corrected chi connectivity index (χ2v) is 6.96. The van der Waals surface area contributed by atoms with Gasteiger partial charge in [0.2, 0.25) is 0 Å². The highest BCUT2D eigenvalue weighted by molar-refractivity contribution is 6.31. The Kier molecular flexibility index (Phi) is 4.31. The van der Waals surface area contributed by atoms with Gasteiger partial charge in [0.25, 0.3) is 0 Å². The summed E-state index contributed by atoms with van der Waals surface area (Å²) >= 11 is 6.30. The number of hydrogen-bond donors (Lipinski definition) is 1. The van der Waals surface area contributed by atoms with E-state index in [1.807, 2.05) is 47.4 Å². The van der Waals surface area contributed by atoms with Gasteiger partial charge in [0.15, 0.2) is 0 Å². The molecule has 120 valence electrons. The summed E-state index contributed by atoms with van der Waals surface area (Å²) in [5.74, 6) is 0. The van der Waals surface area contributed by atoms with Crippen LogP contribution in [0.15, 0.2) is 48.5 Å². The van der Waals surface area contributed by atoms with Crippen LogP contribution in [-0.4, -0.2) is 19.1 Å². The van der Waals surface area contributed by atoms with Crippen LogP contribution in [0.4, 0.5) is 10.5 Å². The first-order valence-corrected chi connectivity index (χ1v) is 8.25. The van der Waals surface area contributed by atoms with Gasteiger partial charge in [0.1, 0.15) is 0 Å². The largest absolute Gasteiger partial charge is 0.337 e. The lowest BCUT2D eigenvalue weighted by molar-refractivity contribution is 0.244. The fourth-order valence-electron chi connectivity index (χ4n) is 3.05. The molecule has 2 aromatic rings. The van der Waals surface area contributed by atoms with Crippen molar-refractivity contribution in [1.29, 1.82) is 0 Å². The van der Waals surface area contributed by atoms with Crippen LogP contribution in [0.3, 0.4) is 0 Å². The van der Waals surface area contributed by atoms with Gasteiger partial charge >= 0.3 is 6.03 Å². The van der Waals surface area contributed by atoms with Crippen LogP contribution in [0.5, 0.6) is 0 Å². The minimum Gasteiger partial charge on any atom is -0.337 e. The Morgan fingerprint density at radius 2 is 1.87 bits per heavy atom. The van der Waals surface area contributed by atoms with Gasteiger partial charge in [-0.3, -0.25) is 4.90 Å². The first kappa shape index (κ1) is 15.9. The summed E-state index contributed by atoms with van der Waals surface area (Å²) in [5, 5.41) is 3.79. The lowest BCUT2D eigenvalue weighted by atomic mass is 9.84. The van der Waals surface area contributed by atoms with Crippen molar-refractivity contribution < 1.29 is 4.79 Å². The topological polar surface area (TPSA) is 32.3 Å². The molecule has 0 aromatic heterocycles. The highest BCUT2D eigenvalue weighted by atomic mass is 35.5. The molecule has 0 saturated carbocycles. The average molecular weight is 329 g/mol. The normalized spacial score (nSPS) is 13.8. The van der Waals surface area contributed by atoms with Crippen molar-refractivity contribution in [3.8, 4) is 0 Å². The molecule has 3 nitrogen and oxygen atoms in total. The van der Waals surface area contributed by atoms with Crippen LogP contribution >= 0.6 is 11.6 Å². The summed E-state index contributed by atoms with van der Waals surface area (Å²) in [6, 6.07) is 15.8. The number of halogens is 1. The SMILES string of the molecule is CC(C)(CNC(=O)N1CCc2ccccc21)c1ccccc1Cl. The van der Waals surface area contributed by atoms with E-state index in [1.54, 1.807) is 0 Å². The average Bonchev–Trinajstić information content (AvgIpc) is 2.97. The first-order chi connectivity index (χ1) is 11.0. The van der Waals surface area contributed by atoms with E-state index in [4.69, 9.17) is 11.6 Å². The third-order valence-electron chi connectivity index (χ3n) is 4.42. The molecule has 0 saturated heterocycles. The number of urea groups is 1. The highest BCUT2D eigenvalue weighted by Gasteiger charge is 2.27. The van der Waals surface area contributed by atoms with Crippen molar-refractivity contribution in [3.05, 3.63) is 64.7 Å². The smallest absolute Gasteiger partial charge is 0.321 e. The van der Waals surface area contributed by atoms with Gasteiger partial charge in [-0.2, -0.15) is 0 Å². The van der Waals surface area contributed by atoms with Gasteiger partial charge in [-0.05, 0) is 29.7 Å². The van der Waals surface area contributed by atoms with Crippen molar-refractivity contribution in [2.75, 3.05) is 18.0 Å².